The fourth-order valence-electron chi connectivity index (χ4n) is 2.71. The van der Waals surface area contributed by atoms with Crippen LogP contribution in [0.15, 0.2) is 33.7 Å². The SMILES string of the molecule is CCCOc1ccc(C(=O)NNC(=O)c2c(C)oc3nc[nH]c(=O)c23)cc1OC. The Morgan fingerprint density at radius 3 is 2.69 bits per heavy atom. The molecule has 2 aromatic heterocycles. The molecule has 2 amide bonds. The lowest BCUT2D eigenvalue weighted by atomic mass is 10.2. The van der Waals surface area contributed by atoms with Crippen molar-refractivity contribution in [2.24, 2.45) is 0 Å². The van der Waals surface area contributed by atoms with Gasteiger partial charge in [0, 0.05) is 5.56 Å². The second-order valence-corrected chi connectivity index (χ2v) is 6.07. The van der Waals surface area contributed by atoms with Crippen molar-refractivity contribution in [1.82, 2.24) is 20.8 Å². The van der Waals surface area contributed by atoms with Gasteiger partial charge in [0.1, 0.15) is 11.1 Å². The molecular weight excluding hydrogens is 380 g/mol. The van der Waals surface area contributed by atoms with Crippen LogP contribution in [0.4, 0.5) is 0 Å². The van der Waals surface area contributed by atoms with E-state index in [9.17, 15) is 14.4 Å². The van der Waals surface area contributed by atoms with Gasteiger partial charge >= 0.3 is 0 Å². The summed E-state index contributed by atoms with van der Waals surface area (Å²) < 4.78 is 16.1. The number of fused-ring (bicyclic) bond motifs is 1. The molecule has 0 aliphatic carbocycles. The molecular formula is C19H20N4O6. The van der Waals surface area contributed by atoms with Crippen LogP contribution in [0, 0.1) is 6.92 Å². The van der Waals surface area contributed by atoms with E-state index < -0.39 is 17.4 Å². The molecule has 29 heavy (non-hydrogen) atoms. The summed E-state index contributed by atoms with van der Waals surface area (Å²) in [6, 6.07) is 4.66. The Bertz CT molecular complexity index is 1120. The third-order valence-corrected chi connectivity index (χ3v) is 4.07. The average Bonchev–Trinajstić information content (AvgIpc) is 3.07. The highest BCUT2D eigenvalue weighted by atomic mass is 16.5. The molecule has 152 valence electrons. The summed E-state index contributed by atoms with van der Waals surface area (Å²) in [6.07, 6.45) is 2.01. The van der Waals surface area contributed by atoms with Crippen molar-refractivity contribution >= 4 is 22.9 Å². The lowest BCUT2D eigenvalue weighted by Crippen LogP contribution is -2.42. The summed E-state index contributed by atoms with van der Waals surface area (Å²) in [5.41, 5.74) is 4.35. The number of methoxy groups -OCH3 is 1. The van der Waals surface area contributed by atoms with Gasteiger partial charge in [-0.1, -0.05) is 6.92 Å². The number of H-pyrrole nitrogens is 1. The van der Waals surface area contributed by atoms with Crippen LogP contribution in [-0.2, 0) is 0 Å². The van der Waals surface area contributed by atoms with Crippen LogP contribution in [-0.4, -0.2) is 35.5 Å². The molecule has 0 aliphatic heterocycles. The summed E-state index contributed by atoms with van der Waals surface area (Å²) in [6.45, 7) is 4.02. The highest BCUT2D eigenvalue weighted by Crippen LogP contribution is 2.28. The largest absolute Gasteiger partial charge is 0.493 e. The van der Waals surface area contributed by atoms with E-state index in [1.807, 2.05) is 6.92 Å². The molecule has 1 aromatic carbocycles. The number of hydrogen-bond acceptors (Lipinski definition) is 7. The Morgan fingerprint density at radius 2 is 1.97 bits per heavy atom. The van der Waals surface area contributed by atoms with E-state index in [-0.39, 0.29) is 28.0 Å². The summed E-state index contributed by atoms with van der Waals surface area (Å²) in [7, 11) is 1.47. The fourth-order valence-corrected chi connectivity index (χ4v) is 2.71. The number of hydrogen-bond donors (Lipinski definition) is 3. The predicted octanol–water partition coefficient (Wildman–Crippen LogP) is 1.70. The van der Waals surface area contributed by atoms with Gasteiger partial charge in [0.25, 0.3) is 17.4 Å². The Hall–Kier alpha value is -3.82. The van der Waals surface area contributed by atoms with Crippen molar-refractivity contribution in [2.75, 3.05) is 13.7 Å². The van der Waals surface area contributed by atoms with E-state index in [0.717, 1.165) is 6.42 Å². The van der Waals surface area contributed by atoms with Crippen molar-refractivity contribution in [3.8, 4) is 11.5 Å². The molecule has 0 spiro atoms. The minimum atomic E-state index is -0.706. The first-order valence-corrected chi connectivity index (χ1v) is 8.84. The summed E-state index contributed by atoms with van der Waals surface area (Å²) in [5, 5.41) is 0.0100. The molecule has 10 heteroatoms. The number of nitrogens with one attached hydrogen (secondary N) is 3. The number of amides is 2. The minimum absolute atomic E-state index is 0.00413. The van der Waals surface area contributed by atoms with Crippen LogP contribution < -0.4 is 25.9 Å². The summed E-state index contributed by atoms with van der Waals surface area (Å²) in [4.78, 5) is 43.2. The van der Waals surface area contributed by atoms with Crippen LogP contribution in [0.5, 0.6) is 11.5 Å². The molecule has 3 aromatic rings. The second kappa shape index (κ2) is 8.46. The maximum Gasteiger partial charge on any atom is 0.274 e. The molecule has 0 bridgehead atoms. The van der Waals surface area contributed by atoms with Gasteiger partial charge < -0.3 is 18.9 Å². The van der Waals surface area contributed by atoms with Crippen LogP contribution in [0.3, 0.4) is 0 Å². The number of carbonyl (C=O) groups excluding carboxylic acids is 2. The number of carbonyl (C=O) groups is 2. The van der Waals surface area contributed by atoms with Gasteiger partial charge in [0.15, 0.2) is 11.5 Å². The van der Waals surface area contributed by atoms with Gasteiger partial charge in [0.05, 0.1) is 25.6 Å². The molecule has 3 N–H and O–H groups in total. The van der Waals surface area contributed by atoms with E-state index in [0.29, 0.717) is 18.1 Å². The van der Waals surface area contributed by atoms with Crippen molar-refractivity contribution in [3.05, 3.63) is 51.8 Å². The van der Waals surface area contributed by atoms with Crippen LogP contribution in [0.1, 0.15) is 39.8 Å². The van der Waals surface area contributed by atoms with Crippen LogP contribution >= 0.6 is 0 Å². The van der Waals surface area contributed by atoms with Crippen molar-refractivity contribution in [1.29, 1.82) is 0 Å². The molecule has 3 rings (SSSR count). The first-order chi connectivity index (χ1) is 14.0. The number of aromatic nitrogens is 2. The maximum atomic E-state index is 12.5. The molecule has 10 nitrogen and oxygen atoms in total. The standard InChI is InChI=1S/C19H20N4O6/c1-4-7-28-12-6-5-11(8-13(12)27-3)16(24)22-23-18(26)14-10(2)29-19-15(14)17(25)20-9-21-19/h5-6,8-9H,4,7H2,1-3H3,(H,22,24)(H,23,26)(H,20,21,25). The van der Waals surface area contributed by atoms with E-state index in [2.05, 4.69) is 20.8 Å². The number of nitrogens with zero attached hydrogens (tertiary/aromatic N) is 1. The number of rotatable bonds is 6. The van der Waals surface area contributed by atoms with E-state index in [1.54, 1.807) is 12.1 Å². The topological polar surface area (TPSA) is 136 Å². The third kappa shape index (κ3) is 4.05. The number of aryl methyl sites for hydroxylation is 1. The molecule has 0 saturated heterocycles. The highest BCUT2D eigenvalue weighted by Gasteiger charge is 2.22. The quantitative estimate of drug-likeness (QED) is 0.536. The molecule has 0 unspecified atom stereocenters. The van der Waals surface area contributed by atoms with E-state index in [4.69, 9.17) is 13.9 Å². The van der Waals surface area contributed by atoms with Crippen molar-refractivity contribution in [3.63, 3.8) is 0 Å². The number of hydrazine groups is 1. The Balaban J connectivity index is 1.75. The zero-order valence-corrected chi connectivity index (χ0v) is 16.1. The molecule has 0 radical (unpaired) electrons. The number of ether oxygens (including phenoxy) is 2. The Labute approximate surface area is 165 Å². The van der Waals surface area contributed by atoms with Gasteiger partial charge in [-0.3, -0.25) is 25.2 Å². The normalized spacial score (nSPS) is 10.6. The molecule has 0 aliphatic rings. The fraction of sp³-hybridized carbons (Fsp3) is 0.263. The Morgan fingerprint density at radius 1 is 1.21 bits per heavy atom. The second-order valence-electron chi connectivity index (χ2n) is 6.07. The van der Waals surface area contributed by atoms with Crippen molar-refractivity contribution < 1.29 is 23.5 Å². The van der Waals surface area contributed by atoms with Crippen LogP contribution in [0.25, 0.3) is 11.1 Å². The smallest absolute Gasteiger partial charge is 0.274 e. The monoisotopic (exact) mass is 400 g/mol. The molecule has 0 saturated carbocycles. The minimum Gasteiger partial charge on any atom is -0.493 e. The maximum absolute atomic E-state index is 12.5. The van der Waals surface area contributed by atoms with Crippen molar-refractivity contribution in [2.45, 2.75) is 20.3 Å². The number of benzene rings is 1. The first kappa shape index (κ1) is 19.9. The highest BCUT2D eigenvalue weighted by molar-refractivity contribution is 6.07. The molecule has 2 heterocycles. The number of furan rings is 1. The average molecular weight is 400 g/mol. The van der Waals surface area contributed by atoms with E-state index >= 15 is 0 Å². The third-order valence-electron chi connectivity index (χ3n) is 4.07. The Kier molecular flexibility index (Phi) is 5.82. The van der Waals surface area contributed by atoms with Gasteiger partial charge in [-0.05, 0) is 31.5 Å². The van der Waals surface area contributed by atoms with Gasteiger partial charge in [0.2, 0.25) is 5.71 Å². The molecule has 0 atom stereocenters. The van der Waals surface area contributed by atoms with Crippen LogP contribution in [0.2, 0.25) is 0 Å². The summed E-state index contributed by atoms with van der Waals surface area (Å²) >= 11 is 0. The lowest BCUT2D eigenvalue weighted by Gasteiger charge is -2.12. The van der Waals surface area contributed by atoms with Gasteiger partial charge in [-0.2, -0.15) is 0 Å². The van der Waals surface area contributed by atoms with Gasteiger partial charge in [-0.25, -0.2) is 4.98 Å². The number of aromatic amines is 1. The van der Waals surface area contributed by atoms with E-state index in [1.165, 1.54) is 26.4 Å². The zero-order valence-electron chi connectivity index (χ0n) is 16.1. The lowest BCUT2D eigenvalue weighted by molar-refractivity contribution is 0.0846. The zero-order chi connectivity index (χ0) is 21.0. The summed E-state index contributed by atoms with van der Waals surface area (Å²) in [5.74, 6) is -0.164. The molecule has 0 fully saturated rings. The predicted molar refractivity (Wildman–Crippen MR) is 103 cm³/mol. The van der Waals surface area contributed by atoms with Gasteiger partial charge in [-0.15, -0.1) is 0 Å². The first-order valence-electron chi connectivity index (χ1n) is 8.84.